The van der Waals surface area contributed by atoms with E-state index in [1.807, 2.05) is 0 Å². The van der Waals surface area contributed by atoms with E-state index in [2.05, 4.69) is 0 Å². The van der Waals surface area contributed by atoms with Crippen LogP contribution in [0.4, 0.5) is 0 Å². The van der Waals surface area contributed by atoms with Gasteiger partial charge in [0.05, 0.1) is 25.4 Å². The molecule has 0 saturated heterocycles. The average Bonchev–Trinajstić information content (AvgIpc) is 2.72. The summed E-state index contributed by atoms with van der Waals surface area (Å²) >= 11 is 0. The van der Waals surface area contributed by atoms with E-state index in [9.17, 15) is 9.59 Å². The molecular formula is C12H14O5. The predicted molar refractivity (Wildman–Crippen MR) is 58.1 cm³/mol. The first-order chi connectivity index (χ1) is 7.88. The Morgan fingerprint density at radius 3 is 1.65 bits per heavy atom. The fraction of sp³-hybridized carbons (Fsp3) is 0.500. The van der Waals surface area contributed by atoms with Gasteiger partial charge in [0.1, 0.15) is 11.2 Å². The lowest BCUT2D eigenvalue weighted by Gasteiger charge is -2.20. The number of fused-ring (bicyclic) bond motifs is 2. The smallest absolute Gasteiger partial charge is 0.337 e. The second-order valence-electron chi connectivity index (χ2n) is 4.38. The topological polar surface area (TPSA) is 61.8 Å². The maximum Gasteiger partial charge on any atom is 0.337 e. The molecule has 5 nitrogen and oxygen atoms in total. The number of carbonyl (C=O) groups excluding carboxylic acids is 2. The van der Waals surface area contributed by atoms with E-state index in [0.717, 1.165) is 0 Å². The molecule has 0 aliphatic carbocycles. The van der Waals surface area contributed by atoms with Crippen LogP contribution in [0.2, 0.25) is 0 Å². The van der Waals surface area contributed by atoms with Crippen molar-refractivity contribution in [2.75, 3.05) is 14.2 Å². The summed E-state index contributed by atoms with van der Waals surface area (Å²) in [5, 5.41) is 0. The molecular weight excluding hydrogens is 224 g/mol. The van der Waals surface area contributed by atoms with Crippen molar-refractivity contribution < 1.29 is 23.8 Å². The fourth-order valence-corrected chi connectivity index (χ4v) is 2.41. The van der Waals surface area contributed by atoms with Crippen LogP contribution < -0.4 is 0 Å². The summed E-state index contributed by atoms with van der Waals surface area (Å²) in [4.78, 5) is 23.6. The van der Waals surface area contributed by atoms with E-state index >= 15 is 0 Å². The van der Waals surface area contributed by atoms with Gasteiger partial charge in [0.15, 0.2) is 0 Å². The molecule has 0 fully saturated rings. The minimum absolute atomic E-state index is 0.219. The van der Waals surface area contributed by atoms with Crippen LogP contribution in [0.1, 0.15) is 13.8 Å². The zero-order chi connectivity index (χ0) is 12.8. The van der Waals surface area contributed by atoms with Gasteiger partial charge in [-0.3, -0.25) is 0 Å². The Morgan fingerprint density at radius 2 is 1.35 bits per heavy atom. The van der Waals surface area contributed by atoms with Crippen LogP contribution >= 0.6 is 0 Å². The lowest BCUT2D eigenvalue weighted by atomic mass is 9.83. The third-order valence-corrected chi connectivity index (χ3v) is 3.17. The molecule has 0 N–H and O–H groups in total. The SMILES string of the molecule is COC(=O)C1=C(C(=O)OC)[C@]2(C)C=C[C@]1(C)O2. The van der Waals surface area contributed by atoms with Crippen molar-refractivity contribution in [3.8, 4) is 0 Å². The van der Waals surface area contributed by atoms with Gasteiger partial charge in [-0.1, -0.05) is 0 Å². The number of esters is 2. The van der Waals surface area contributed by atoms with Crippen LogP contribution in [-0.2, 0) is 23.8 Å². The number of carbonyl (C=O) groups is 2. The van der Waals surface area contributed by atoms with E-state index in [1.165, 1.54) is 14.2 Å². The van der Waals surface area contributed by atoms with Crippen LogP contribution in [0.25, 0.3) is 0 Å². The first-order valence-corrected chi connectivity index (χ1v) is 5.20. The Labute approximate surface area is 99.0 Å². The van der Waals surface area contributed by atoms with Crippen LogP contribution in [-0.4, -0.2) is 37.4 Å². The molecule has 2 aliphatic heterocycles. The Bertz CT molecular complexity index is 422. The molecule has 0 spiro atoms. The molecule has 2 atom stereocenters. The van der Waals surface area contributed by atoms with Crippen molar-refractivity contribution in [2.24, 2.45) is 0 Å². The summed E-state index contributed by atoms with van der Waals surface area (Å²) in [5.41, 5.74) is -1.38. The van der Waals surface area contributed by atoms with E-state index in [0.29, 0.717) is 0 Å². The third kappa shape index (κ3) is 1.42. The summed E-state index contributed by atoms with van der Waals surface area (Å²) in [7, 11) is 2.54. The van der Waals surface area contributed by atoms with Gasteiger partial charge in [-0.15, -0.1) is 0 Å². The molecule has 2 bridgehead atoms. The van der Waals surface area contributed by atoms with Gasteiger partial charge in [0, 0.05) is 0 Å². The highest BCUT2D eigenvalue weighted by Gasteiger charge is 2.57. The maximum atomic E-state index is 11.8. The maximum absolute atomic E-state index is 11.8. The van der Waals surface area contributed by atoms with Gasteiger partial charge < -0.3 is 14.2 Å². The van der Waals surface area contributed by atoms with E-state index < -0.39 is 23.1 Å². The molecule has 5 heteroatoms. The van der Waals surface area contributed by atoms with Gasteiger partial charge in [-0.05, 0) is 26.0 Å². The molecule has 0 unspecified atom stereocenters. The molecule has 2 aliphatic rings. The fourth-order valence-electron chi connectivity index (χ4n) is 2.41. The summed E-state index contributed by atoms with van der Waals surface area (Å²) in [6, 6.07) is 0. The van der Waals surface area contributed by atoms with E-state index in [4.69, 9.17) is 14.2 Å². The van der Waals surface area contributed by atoms with Crippen molar-refractivity contribution in [1.82, 2.24) is 0 Å². The summed E-state index contributed by atoms with van der Waals surface area (Å²) < 4.78 is 15.1. The number of ether oxygens (including phenoxy) is 3. The second-order valence-corrected chi connectivity index (χ2v) is 4.38. The zero-order valence-corrected chi connectivity index (χ0v) is 10.2. The summed E-state index contributed by atoms with van der Waals surface area (Å²) in [6.45, 7) is 3.44. The van der Waals surface area contributed by atoms with Gasteiger partial charge in [-0.2, -0.15) is 0 Å². The van der Waals surface area contributed by atoms with Crippen molar-refractivity contribution in [1.29, 1.82) is 0 Å². The Balaban J connectivity index is 2.61. The van der Waals surface area contributed by atoms with Crippen LogP contribution in [0.3, 0.4) is 0 Å². The van der Waals surface area contributed by atoms with Crippen LogP contribution in [0, 0.1) is 0 Å². The second kappa shape index (κ2) is 3.43. The Hall–Kier alpha value is -1.62. The summed E-state index contributed by atoms with van der Waals surface area (Å²) in [6.07, 6.45) is 3.51. The minimum Gasteiger partial charge on any atom is -0.466 e. The molecule has 2 heterocycles. The first-order valence-electron chi connectivity index (χ1n) is 5.20. The van der Waals surface area contributed by atoms with Gasteiger partial charge in [0.2, 0.25) is 0 Å². The largest absolute Gasteiger partial charge is 0.466 e. The number of rotatable bonds is 2. The van der Waals surface area contributed by atoms with Crippen molar-refractivity contribution in [3.05, 3.63) is 23.3 Å². The highest BCUT2D eigenvalue weighted by molar-refractivity contribution is 6.05. The standard InChI is InChI=1S/C12H14O5/c1-11-5-6-12(2,17-11)8(10(14)16-4)7(11)9(13)15-3/h5-6H,1-4H3/t11-,12-/m0/s1. The number of methoxy groups -OCH3 is 2. The predicted octanol–water partition coefficient (Wildman–Crippen LogP) is 0.746. The first kappa shape index (κ1) is 11.9. The van der Waals surface area contributed by atoms with Crippen LogP contribution in [0.5, 0.6) is 0 Å². The molecule has 0 saturated carbocycles. The number of hydrogen-bond acceptors (Lipinski definition) is 5. The minimum atomic E-state index is -0.911. The molecule has 0 aromatic heterocycles. The lowest BCUT2D eigenvalue weighted by Crippen LogP contribution is -2.29. The molecule has 0 aromatic rings. The molecule has 0 aromatic carbocycles. The molecule has 17 heavy (non-hydrogen) atoms. The highest BCUT2D eigenvalue weighted by atomic mass is 16.6. The monoisotopic (exact) mass is 238 g/mol. The molecule has 0 amide bonds. The van der Waals surface area contributed by atoms with Gasteiger partial charge >= 0.3 is 11.9 Å². The molecule has 2 rings (SSSR count). The lowest BCUT2D eigenvalue weighted by molar-refractivity contribution is -0.139. The quantitative estimate of drug-likeness (QED) is 0.524. The molecule has 92 valence electrons. The van der Waals surface area contributed by atoms with E-state index in [-0.39, 0.29) is 11.1 Å². The van der Waals surface area contributed by atoms with Crippen molar-refractivity contribution in [3.63, 3.8) is 0 Å². The zero-order valence-electron chi connectivity index (χ0n) is 10.2. The van der Waals surface area contributed by atoms with Crippen molar-refractivity contribution >= 4 is 11.9 Å². The average molecular weight is 238 g/mol. The van der Waals surface area contributed by atoms with Crippen LogP contribution in [0.15, 0.2) is 23.3 Å². The van der Waals surface area contributed by atoms with Gasteiger partial charge in [-0.25, -0.2) is 9.59 Å². The van der Waals surface area contributed by atoms with Crippen molar-refractivity contribution in [2.45, 2.75) is 25.0 Å². The normalized spacial score (nSPS) is 34.1. The molecule has 0 radical (unpaired) electrons. The van der Waals surface area contributed by atoms with Gasteiger partial charge in [0.25, 0.3) is 0 Å². The highest BCUT2D eigenvalue weighted by Crippen LogP contribution is 2.50. The number of hydrogen-bond donors (Lipinski definition) is 0. The Morgan fingerprint density at radius 1 is 1.00 bits per heavy atom. The Kier molecular flexibility index (Phi) is 2.39. The third-order valence-electron chi connectivity index (χ3n) is 3.17. The van der Waals surface area contributed by atoms with E-state index in [1.54, 1.807) is 26.0 Å². The summed E-state index contributed by atoms with van der Waals surface area (Å²) in [5.74, 6) is -1.14.